The molecular formula is C27H33ClO11. The van der Waals surface area contributed by atoms with Gasteiger partial charge in [-0.1, -0.05) is 35.9 Å². The molecule has 2 fully saturated rings. The van der Waals surface area contributed by atoms with Crippen LogP contribution in [0.15, 0.2) is 42.5 Å². The minimum absolute atomic E-state index is 0.485. The number of benzene rings is 2. The van der Waals surface area contributed by atoms with Crippen LogP contribution in [0.1, 0.15) is 36.6 Å². The molecule has 6 N–H and O–H groups in total. The maximum Gasteiger partial charge on any atom is 0.335 e. The number of aliphatic carboxylic acids is 1. The fourth-order valence-corrected chi connectivity index (χ4v) is 4.97. The van der Waals surface area contributed by atoms with E-state index in [0.29, 0.717) is 23.6 Å². The number of hydrogen-bond acceptors (Lipinski definition) is 10. The summed E-state index contributed by atoms with van der Waals surface area (Å²) in [6.45, 7) is 4.03. The molecule has 12 heteroatoms. The van der Waals surface area contributed by atoms with E-state index in [2.05, 4.69) is 0 Å². The number of aliphatic hydroxyl groups is 5. The highest BCUT2D eigenvalue weighted by molar-refractivity contribution is 6.31. The van der Waals surface area contributed by atoms with E-state index < -0.39 is 67.2 Å². The molecule has 0 amide bonds. The van der Waals surface area contributed by atoms with E-state index in [1.54, 1.807) is 25.1 Å². The second-order valence-electron chi connectivity index (χ2n) is 9.68. The van der Waals surface area contributed by atoms with E-state index in [0.717, 1.165) is 16.9 Å². The van der Waals surface area contributed by atoms with Crippen LogP contribution in [0.25, 0.3) is 0 Å². The number of carbonyl (C=O) groups is 1. The molecule has 2 aliphatic heterocycles. The van der Waals surface area contributed by atoms with Crippen LogP contribution in [0, 0.1) is 0 Å². The lowest BCUT2D eigenvalue weighted by Crippen LogP contribution is -2.63. The minimum atomic E-state index is -1.91. The molecule has 214 valence electrons. The summed E-state index contributed by atoms with van der Waals surface area (Å²) in [4.78, 5) is 11.4. The molecule has 0 bridgehead atoms. The molecule has 2 aromatic rings. The number of hydrogen-bond donors (Lipinski definition) is 6. The number of aliphatic hydroxyl groups excluding tert-OH is 5. The minimum Gasteiger partial charge on any atom is -0.494 e. The largest absolute Gasteiger partial charge is 0.494 e. The first-order chi connectivity index (χ1) is 18.5. The van der Waals surface area contributed by atoms with Crippen molar-refractivity contribution in [2.75, 3.05) is 6.61 Å². The Bertz CT molecular complexity index is 1130. The maximum atomic E-state index is 11.4. The highest BCUT2D eigenvalue weighted by atomic mass is 35.5. The summed E-state index contributed by atoms with van der Waals surface area (Å²) in [5, 5.41) is 62.1. The van der Waals surface area contributed by atoms with Crippen molar-refractivity contribution in [1.82, 2.24) is 0 Å². The van der Waals surface area contributed by atoms with Crippen molar-refractivity contribution in [1.29, 1.82) is 0 Å². The van der Waals surface area contributed by atoms with Gasteiger partial charge in [-0.2, -0.15) is 0 Å². The molecule has 0 saturated carbocycles. The lowest BCUT2D eigenvalue weighted by atomic mass is 9.90. The third-order valence-electron chi connectivity index (χ3n) is 6.96. The Morgan fingerprint density at radius 1 is 0.923 bits per heavy atom. The molecule has 0 unspecified atom stereocenters. The van der Waals surface area contributed by atoms with Gasteiger partial charge in [0, 0.05) is 5.02 Å². The Morgan fingerprint density at radius 3 is 2.26 bits per heavy atom. The summed E-state index contributed by atoms with van der Waals surface area (Å²) in [5.74, 6) is -0.829. The second-order valence-corrected chi connectivity index (χ2v) is 10.1. The van der Waals surface area contributed by atoms with E-state index in [9.17, 15) is 35.4 Å². The lowest BCUT2D eigenvalue weighted by Gasteiger charge is -2.45. The van der Waals surface area contributed by atoms with Gasteiger partial charge in [0.15, 0.2) is 12.4 Å². The zero-order chi connectivity index (χ0) is 28.4. The first-order valence-corrected chi connectivity index (χ1v) is 13.0. The fourth-order valence-electron chi connectivity index (χ4n) is 4.79. The normalized spacial score (nSPS) is 35.0. The Balaban J connectivity index is 1.54. The van der Waals surface area contributed by atoms with E-state index in [1.807, 2.05) is 31.2 Å². The predicted octanol–water partition coefficient (Wildman–Crippen LogP) is 0.788. The molecule has 2 aliphatic rings. The van der Waals surface area contributed by atoms with E-state index in [1.165, 1.54) is 0 Å². The molecule has 2 saturated heterocycles. The van der Waals surface area contributed by atoms with Crippen LogP contribution in [0.5, 0.6) is 5.75 Å². The van der Waals surface area contributed by atoms with E-state index >= 15 is 0 Å². The third kappa shape index (κ3) is 6.37. The lowest BCUT2D eigenvalue weighted by molar-refractivity contribution is -0.335. The highest BCUT2D eigenvalue weighted by Gasteiger charge is 2.51. The number of carboxylic acids is 1. The van der Waals surface area contributed by atoms with E-state index in [4.69, 9.17) is 30.5 Å². The Morgan fingerprint density at radius 2 is 1.62 bits per heavy atom. The zero-order valence-corrected chi connectivity index (χ0v) is 22.1. The van der Waals surface area contributed by atoms with Crippen molar-refractivity contribution in [3.63, 3.8) is 0 Å². The second kappa shape index (κ2) is 12.5. The van der Waals surface area contributed by atoms with Crippen molar-refractivity contribution in [3.8, 4) is 5.75 Å². The first kappa shape index (κ1) is 29.7. The van der Waals surface area contributed by atoms with Crippen LogP contribution in [0.3, 0.4) is 0 Å². The van der Waals surface area contributed by atoms with Crippen molar-refractivity contribution in [2.45, 2.75) is 81.5 Å². The van der Waals surface area contributed by atoms with Gasteiger partial charge in [-0.25, -0.2) is 4.79 Å². The van der Waals surface area contributed by atoms with Crippen LogP contribution in [-0.2, 0) is 25.4 Å². The van der Waals surface area contributed by atoms with Crippen LogP contribution in [0.2, 0.25) is 5.02 Å². The van der Waals surface area contributed by atoms with Crippen molar-refractivity contribution >= 4 is 17.6 Å². The molecule has 10 atom stereocenters. The summed E-state index contributed by atoms with van der Waals surface area (Å²) in [7, 11) is 0. The monoisotopic (exact) mass is 568 g/mol. The topological polar surface area (TPSA) is 175 Å². The van der Waals surface area contributed by atoms with Gasteiger partial charge in [0.1, 0.15) is 48.5 Å². The number of rotatable bonds is 8. The van der Waals surface area contributed by atoms with Crippen molar-refractivity contribution < 1.29 is 54.4 Å². The number of ether oxygens (including phenoxy) is 4. The van der Waals surface area contributed by atoms with Crippen molar-refractivity contribution in [3.05, 3.63) is 64.2 Å². The molecule has 0 radical (unpaired) electrons. The summed E-state index contributed by atoms with van der Waals surface area (Å²) in [5.41, 5.74) is 2.28. The zero-order valence-electron chi connectivity index (χ0n) is 21.3. The Hall–Kier alpha value is -2.32. The number of halogens is 1. The quantitative estimate of drug-likeness (QED) is 0.265. The van der Waals surface area contributed by atoms with Gasteiger partial charge in [0.2, 0.25) is 0 Å². The summed E-state index contributed by atoms with van der Waals surface area (Å²) >= 11 is 6.46. The van der Waals surface area contributed by atoms with Crippen molar-refractivity contribution in [2.24, 2.45) is 0 Å². The molecule has 2 heterocycles. The Kier molecular flexibility index (Phi) is 9.48. The SMILES string of the molecule is CCOc1ccc(Cc2cc([C@@H]3O[C@H](C)[C@@H](O)[C@H](O[C@@H]4O[C@H](C(=O)O)[C@@H](O)[C@H](O)[C@H]4O)[C@H]3O)ccc2Cl)cc1. The molecule has 4 rings (SSSR count). The molecule has 11 nitrogen and oxygen atoms in total. The summed E-state index contributed by atoms with van der Waals surface area (Å²) in [6.07, 6.45) is -14.9. The van der Waals surface area contributed by atoms with Gasteiger partial charge in [-0.15, -0.1) is 0 Å². The standard InChI is InChI=1S/C27H33ClO11/c1-3-36-16-7-4-13(5-8-16)10-15-11-14(6-9-17(15)28)23-22(33)24(18(29)12(2)37-23)38-27-21(32)19(30)20(31)25(39-27)26(34)35/h4-9,11-12,18-25,27,29-33H,3,10H2,1-2H3,(H,34,35)/t12-,18-,19+,20+,21-,22+,23+,24+,25+,27-/m1/s1. The van der Waals surface area contributed by atoms with Crippen LogP contribution in [-0.4, -0.2) is 98.3 Å². The van der Waals surface area contributed by atoms with Gasteiger partial charge in [0.25, 0.3) is 0 Å². The summed E-state index contributed by atoms with van der Waals surface area (Å²) < 4.78 is 22.2. The van der Waals surface area contributed by atoms with Gasteiger partial charge in [-0.05, 0) is 55.2 Å². The predicted molar refractivity (Wildman–Crippen MR) is 136 cm³/mol. The van der Waals surface area contributed by atoms with E-state index in [-0.39, 0.29) is 0 Å². The third-order valence-corrected chi connectivity index (χ3v) is 7.33. The summed E-state index contributed by atoms with van der Waals surface area (Å²) in [6, 6.07) is 12.7. The highest BCUT2D eigenvalue weighted by Crippen LogP contribution is 2.37. The molecule has 0 aliphatic carbocycles. The Labute approximate surface area is 230 Å². The van der Waals surface area contributed by atoms with Gasteiger partial charge in [-0.3, -0.25) is 0 Å². The smallest absolute Gasteiger partial charge is 0.335 e. The van der Waals surface area contributed by atoms with Gasteiger partial charge in [0.05, 0.1) is 12.7 Å². The van der Waals surface area contributed by atoms with Crippen LogP contribution >= 0.6 is 11.6 Å². The maximum absolute atomic E-state index is 11.4. The van der Waals surface area contributed by atoms with Gasteiger partial charge < -0.3 is 49.6 Å². The first-order valence-electron chi connectivity index (χ1n) is 12.6. The average Bonchev–Trinajstić information content (AvgIpc) is 2.91. The fraction of sp³-hybridized carbons (Fsp3) is 0.519. The molecule has 0 aromatic heterocycles. The average molecular weight is 569 g/mol. The molecule has 0 spiro atoms. The molecule has 39 heavy (non-hydrogen) atoms. The number of carboxylic acid groups (broad SMARTS) is 1. The van der Waals surface area contributed by atoms with Crippen LogP contribution in [0.4, 0.5) is 0 Å². The van der Waals surface area contributed by atoms with Crippen LogP contribution < -0.4 is 4.74 Å². The molecular weight excluding hydrogens is 536 g/mol. The van der Waals surface area contributed by atoms with Gasteiger partial charge >= 0.3 is 5.97 Å². The molecule has 2 aromatic carbocycles.